The number of nitrogens with one attached hydrogen (secondary N) is 2. The summed E-state index contributed by atoms with van der Waals surface area (Å²) < 4.78 is 94.9. The summed E-state index contributed by atoms with van der Waals surface area (Å²) in [5, 5.41) is 18.7. The molecule has 0 spiro atoms. The molecule has 76 heavy (non-hydrogen) atoms. The van der Waals surface area contributed by atoms with E-state index >= 15 is 17.6 Å². The minimum absolute atomic E-state index is 0.0631. The molecule has 8 aromatic rings. The molecule has 3 aromatic carbocycles. The molecular formula is C52H44Cl2F4N10O8. The molecule has 18 nitrogen and oxygen atoms in total. The van der Waals surface area contributed by atoms with Gasteiger partial charge in [-0.15, -0.1) is 0 Å². The summed E-state index contributed by atoms with van der Waals surface area (Å²) in [5.74, 6) is -5.64. The number of rotatable bonds is 15. The van der Waals surface area contributed by atoms with Gasteiger partial charge in [-0.2, -0.15) is 5.10 Å². The molecule has 0 radical (unpaired) electrons. The summed E-state index contributed by atoms with van der Waals surface area (Å²) in [5.41, 5.74) is 1.79. The Hall–Kier alpha value is -7.40. The molecule has 3 atom stereocenters. The summed E-state index contributed by atoms with van der Waals surface area (Å²) in [4.78, 5) is 46.3. The van der Waals surface area contributed by atoms with E-state index in [0.717, 1.165) is 35.4 Å². The Morgan fingerprint density at radius 3 is 2.11 bits per heavy atom. The first-order chi connectivity index (χ1) is 36.8. The number of anilines is 2. The maximum Gasteiger partial charge on any atom is 0.439 e. The lowest BCUT2D eigenvalue weighted by atomic mass is 9.97. The first kappa shape index (κ1) is 49.5. The zero-order valence-electron chi connectivity index (χ0n) is 40.0. The highest BCUT2D eigenvalue weighted by atomic mass is 35.5. The predicted molar refractivity (Wildman–Crippen MR) is 267 cm³/mol. The standard InChI is InChI=1S/C52H44Cl2F4N10O8/c53-36-2-1-3-37(54)42(36)45-35(23-72-30-14-17-66(18-15-30)28-7-9-29(10-8-28)68-41(69)22-60-62-50(68)70)48(75-63-45)33-20-32(33)31-11-12-38(55)43(44(31)56)46-34(47(74-64-46)26-4-5-26)24-73-39-16-19-67(25-52(39,57)58)40-13-6-27(21-59-40)49-61-51(71)76-65-49/h1-3,6-13,21-22,26,30,32-33,39H,4-5,14-20,23-25H2,(H,62,70)(H,61,65,71). The van der Waals surface area contributed by atoms with Gasteiger partial charge in [-0.25, -0.2) is 41.8 Å². The van der Waals surface area contributed by atoms with E-state index in [1.54, 1.807) is 42.5 Å². The van der Waals surface area contributed by atoms with Gasteiger partial charge in [0.2, 0.25) is 0 Å². The van der Waals surface area contributed by atoms with Gasteiger partial charge in [-0.1, -0.05) is 50.8 Å². The van der Waals surface area contributed by atoms with Gasteiger partial charge in [0.05, 0.1) is 47.2 Å². The van der Waals surface area contributed by atoms with E-state index in [2.05, 4.69) is 45.1 Å². The Kier molecular flexibility index (Phi) is 13.0. The average Bonchev–Trinajstić information content (AvgIpc) is 4.30. The van der Waals surface area contributed by atoms with E-state index in [4.69, 9.17) is 41.7 Å². The fourth-order valence-corrected chi connectivity index (χ4v) is 10.9. The fraction of sp³-hybridized carbons (Fsp3) is 0.346. The SMILES string of the molecule is O=c1[nH]c(-c2ccc(N3CCC(OCc4c(-c5c(F)ccc(C6CC6c6onc(-c7c(Cl)cccc7Cl)c6COC6CCN(c7ccc(-n8c(=O)cn[nH]c8=O)cc7)CC6)c5F)noc4C4CC4)C(F)(F)C3)nc2)no1. The summed E-state index contributed by atoms with van der Waals surface area (Å²) in [6.45, 7) is 0.394. The lowest BCUT2D eigenvalue weighted by molar-refractivity contribution is -0.148. The third-order valence-electron chi connectivity index (χ3n) is 14.6. The maximum absolute atomic E-state index is 17.1. The molecule has 0 amide bonds. The van der Waals surface area contributed by atoms with Crippen LogP contribution >= 0.6 is 23.2 Å². The molecular weight excluding hydrogens is 1040 g/mol. The van der Waals surface area contributed by atoms with Gasteiger partial charge in [0.25, 0.3) is 11.5 Å². The van der Waals surface area contributed by atoms with Crippen molar-refractivity contribution in [2.45, 2.75) is 87.6 Å². The van der Waals surface area contributed by atoms with Crippen molar-refractivity contribution >= 4 is 34.7 Å². The number of benzene rings is 3. The number of aromatic amines is 2. The van der Waals surface area contributed by atoms with Crippen molar-refractivity contribution in [1.29, 1.82) is 0 Å². The minimum atomic E-state index is -3.35. The fourth-order valence-electron chi connectivity index (χ4n) is 10.4. The van der Waals surface area contributed by atoms with Crippen molar-refractivity contribution in [3.05, 3.63) is 160 Å². The molecule has 0 bridgehead atoms. The second kappa shape index (κ2) is 19.9. The van der Waals surface area contributed by atoms with Crippen molar-refractivity contribution in [2.24, 2.45) is 0 Å². The first-order valence-corrected chi connectivity index (χ1v) is 25.3. The largest absolute Gasteiger partial charge is 0.439 e. The maximum atomic E-state index is 17.1. The van der Waals surface area contributed by atoms with Crippen LogP contribution in [-0.4, -0.2) is 84.5 Å². The van der Waals surface area contributed by atoms with Crippen LogP contribution in [0.2, 0.25) is 10.0 Å². The summed E-state index contributed by atoms with van der Waals surface area (Å²) in [6, 6.07) is 17.9. The predicted octanol–water partition coefficient (Wildman–Crippen LogP) is 9.32. The van der Waals surface area contributed by atoms with E-state index in [9.17, 15) is 14.4 Å². The van der Waals surface area contributed by atoms with Crippen LogP contribution in [0.5, 0.6) is 0 Å². The first-order valence-electron chi connectivity index (χ1n) is 24.6. The third kappa shape index (κ3) is 9.51. The molecule has 2 aliphatic heterocycles. The van der Waals surface area contributed by atoms with Crippen LogP contribution in [0.25, 0.3) is 39.6 Å². The molecule has 2 saturated carbocycles. The highest BCUT2D eigenvalue weighted by Crippen LogP contribution is 2.58. The van der Waals surface area contributed by atoms with Gasteiger partial charge in [0.15, 0.2) is 5.82 Å². The summed E-state index contributed by atoms with van der Waals surface area (Å²) in [6.07, 6.45) is 3.82. The lowest BCUT2D eigenvalue weighted by Crippen LogP contribution is -2.52. The second-order valence-electron chi connectivity index (χ2n) is 19.4. The summed E-state index contributed by atoms with van der Waals surface area (Å²) >= 11 is 13.4. The number of piperidine rings is 2. The molecule has 12 rings (SSSR count). The zero-order chi connectivity index (χ0) is 52.4. The molecule has 3 unspecified atom stereocenters. The van der Waals surface area contributed by atoms with Gasteiger partial charge < -0.3 is 28.3 Å². The summed E-state index contributed by atoms with van der Waals surface area (Å²) in [7, 11) is 0. The van der Waals surface area contributed by atoms with Crippen LogP contribution in [0.1, 0.15) is 84.5 Å². The Labute approximate surface area is 437 Å². The van der Waals surface area contributed by atoms with Gasteiger partial charge in [-0.3, -0.25) is 14.3 Å². The number of alkyl halides is 2. The molecule has 24 heteroatoms. The smallest absolute Gasteiger partial charge is 0.373 e. The Bertz CT molecular complexity index is 3600. The monoisotopic (exact) mass is 1080 g/mol. The quantitative estimate of drug-likeness (QED) is 0.0915. The molecule has 2 saturated heterocycles. The third-order valence-corrected chi connectivity index (χ3v) is 15.2. The van der Waals surface area contributed by atoms with E-state index < -0.39 is 71.2 Å². The number of halogens is 6. The normalized spacial score (nSPS) is 19.6. The minimum Gasteiger partial charge on any atom is -0.373 e. The van der Waals surface area contributed by atoms with E-state index in [1.807, 2.05) is 12.1 Å². The van der Waals surface area contributed by atoms with Crippen molar-refractivity contribution in [1.82, 2.24) is 40.2 Å². The van der Waals surface area contributed by atoms with Crippen LogP contribution in [0.4, 0.5) is 29.1 Å². The Balaban J connectivity index is 0.750. The number of pyridine rings is 1. The molecule has 5 aromatic heterocycles. The Morgan fingerprint density at radius 2 is 1.42 bits per heavy atom. The number of aromatic nitrogens is 8. The van der Waals surface area contributed by atoms with Gasteiger partial charge in [0.1, 0.15) is 52.7 Å². The van der Waals surface area contributed by atoms with Gasteiger partial charge in [-0.05, 0) is 105 Å². The zero-order valence-corrected chi connectivity index (χ0v) is 41.5. The lowest BCUT2D eigenvalue weighted by Gasteiger charge is -2.38. The van der Waals surface area contributed by atoms with Gasteiger partial charge >= 0.3 is 11.4 Å². The molecule has 4 aliphatic rings. The molecule has 392 valence electrons. The highest BCUT2D eigenvalue weighted by Gasteiger charge is 2.49. The highest BCUT2D eigenvalue weighted by molar-refractivity contribution is 6.39. The Morgan fingerprint density at radius 1 is 0.724 bits per heavy atom. The molecule has 2 aliphatic carbocycles. The van der Waals surface area contributed by atoms with Crippen LogP contribution in [-0.2, 0) is 22.7 Å². The number of ether oxygens (including phenoxy) is 2. The van der Waals surface area contributed by atoms with E-state index in [1.165, 1.54) is 17.2 Å². The number of hydrogen-bond donors (Lipinski definition) is 2. The van der Waals surface area contributed by atoms with Crippen LogP contribution < -0.4 is 26.8 Å². The van der Waals surface area contributed by atoms with Crippen LogP contribution in [0, 0.1) is 11.6 Å². The molecule has 7 heterocycles. The topological polar surface area (TPSA) is 217 Å². The van der Waals surface area contributed by atoms with Crippen LogP contribution in [0.3, 0.4) is 0 Å². The number of H-pyrrole nitrogens is 2. The van der Waals surface area contributed by atoms with Crippen molar-refractivity contribution in [3.63, 3.8) is 0 Å². The van der Waals surface area contributed by atoms with Crippen molar-refractivity contribution < 1.29 is 40.6 Å². The van der Waals surface area contributed by atoms with Gasteiger partial charge in [0, 0.05) is 65.6 Å². The molecule has 4 fully saturated rings. The van der Waals surface area contributed by atoms with Crippen LogP contribution in [0.15, 0.2) is 107 Å². The number of nitrogens with zero attached hydrogens (tertiary/aromatic N) is 8. The van der Waals surface area contributed by atoms with Crippen molar-refractivity contribution in [3.8, 4) is 39.6 Å². The second-order valence-corrected chi connectivity index (χ2v) is 20.2. The molecule has 2 N–H and O–H groups in total. The average molecular weight is 1080 g/mol. The van der Waals surface area contributed by atoms with E-state index in [0.29, 0.717) is 82.0 Å². The van der Waals surface area contributed by atoms with E-state index in [-0.39, 0.29) is 60.1 Å². The number of hydrogen-bond acceptors (Lipinski definition) is 15. The van der Waals surface area contributed by atoms with Crippen molar-refractivity contribution in [2.75, 3.05) is 36.0 Å².